The van der Waals surface area contributed by atoms with E-state index >= 15 is 0 Å². The Kier molecular flexibility index (Phi) is 51.2. The van der Waals surface area contributed by atoms with E-state index in [1.165, 1.54) is 6.42 Å². The van der Waals surface area contributed by atoms with Gasteiger partial charge in [-0.15, -0.1) is 0 Å². The molecule has 0 N–H and O–H groups in total. The lowest BCUT2D eigenvalue weighted by molar-refractivity contribution is -0.167. The van der Waals surface area contributed by atoms with Crippen LogP contribution in [-0.4, -0.2) is 37.2 Å². The highest BCUT2D eigenvalue weighted by Gasteiger charge is 2.19. The standard InChI is InChI=1S/C63H94O6/c1-4-7-10-13-16-19-22-25-28-31-33-35-38-41-44-47-50-53-56-62(65)68-59-60(58-67-61(64)55-52-49-46-43-40-37-34-30-27-24-21-18-15-12-9-6-3)69-63(66)57-54-51-48-45-42-39-36-32-29-26-23-20-17-14-11-8-5-2/h8-13,16-22,25-31,33,35-37,39-40,45,48,60H,4-7,14-15,23-24,32,34,38,41-44,46-47,49-59H2,1-3H3/b11-8-,12-9-,13-10-,19-16-,20-17-,21-18-,25-22-,29-26-,30-27-,31-28-,35-33-,39-36-,40-37-,48-45-. The van der Waals surface area contributed by atoms with E-state index in [2.05, 4.69) is 154 Å². The van der Waals surface area contributed by atoms with Gasteiger partial charge in [-0.3, -0.25) is 14.4 Å². The molecule has 0 saturated carbocycles. The third-order valence-electron chi connectivity index (χ3n) is 10.3. The molecule has 0 aromatic carbocycles. The van der Waals surface area contributed by atoms with Gasteiger partial charge in [-0.1, -0.05) is 223 Å². The molecule has 0 amide bonds. The lowest BCUT2D eigenvalue weighted by Gasteiger charge is -2.18. The van der Waals surface area contributed by atoms with Crippen LogP contribution >= 0.6 is 0 Å². The maximum absolute atomic E-state index is 12.8. The Labute approximate surface area is 422 Å². The Morgan fingerprint density at radius 2 is 0.638 bits per heavy atom. The van der Waals surface area contributed by atoms with Crippen LogP contribution in [0.25, 0.3) is 0 Å². The third kappa shape index (κ3) is 53.6. The molecule has 0 saturated heterocycles. The molecular weight excluding hydrogens is 853 g/mol. The molecule has 0 aromatic rings. The lowest BCUT2D eigenvalue weighted by Crippen LogP contribution is -2.30. The van der Waals surface area contributed by atoms with Crippen molar-refractivity contribution in [1.29, 1.82) is 0 Å². The number of esters is 3. The van der Waals surface area contributed by atoms with Crippen LogP contribution in [0.2, 0.25) is 0 Å². The van der Waals surface area contributed by atoms with Crippen molar-refractivity contribution in [3.05, 3.63) is 170 Å². The SMILES string of the molecule is CC/C=C\C/C=C\C/C=C\C/C=C\C/C=C\CCCC(=O)OC(COC(=O)CCCCC/C=C\C/C=C\C/C=C\C/C=C\CC)COC(=O)CCCCCCC\C=C/C=C\C=C/C=C\C=C/CCC. The molecule has 0 aromatic heterocycles. The lowest BCUT2D eigenvalue weighted by atomic mass is 10.1. The first-order valence-corrected chi connectivity index (χ1v) is 26.7. The fraction of sp³-hybridized carbons (Fsp3) is 0.508. The largest absolute Gasteiger partial charge is 0.462 e. The van der Waals surface area contributed by atoms with Gasteiger partial charge < -0.3 is 14.2 Å². The normalized spacial score (nSPS) is 13.5. The predicted molar refractivity (Wildman–Crippen MR) is 297 cm³/mol. The van der Waals surface area contributed by atoms with Crippen LogP contribution in [-0.2, 0) is 28.6 Å². The first kappa shape index (κ1) is 63.8. The second-order valence-electron chi connectivity index (χ2n) is 16.8. The molecule has 0 fully saturated rings. The van der Waals surface area contributed by atoms with Crippen molar-refractivity contribution in [3.63, 3.8) is 0 Å². The van der Waals surface area contributed by atoms with Crippen LogP contribution in [0, 0.1) is 0 Å². The van der Waals surface area contributed by atoms with E-state index in [9.17, 15) is 14.4 Å². The summed E-state index contributed by atoms with van der Waals surface area (Å²) < 4.78 is 16.7. The zero-order valence-electron chi connectivity index (χ0n) is 43.5. The number of hydrogen-bond acceptors (Lipinski definition) is 6. The minimum Gasteiger partial charge on any atom is -0.462 e. The van der Waals surface area contributed by atoms with Gasteiger partial charge in [0.15, 0.2) is 6.10 Å². The molecule has 6 nitrogen and oxygen atoms in total. The van der Waals surface area contributed by atoms with Crippen LogP contribution in [0.15, 0.2) is 170 Å². The molecule has 6 heteroatoms. The highest BCUT2D eigenvalue weighted by molar-refractivity contribution is 5.71. The summed E-state index contributed by atoms with van der Waals surface area (Å²) in [5, 5.41) is 0. The van der Waals surface area contributed by atoms with Gasteiger partial charge in [0.05, 0.1) is 0 Å². The third-order valence-corrected chi connectivity index (χ3v) is 10.3. The average Bonchev–Trinajstić information content (AvgIpc) is 3.35. The van der Waals surface area contributed by atoms with E-state index in [0.717, 1.165) is 135 Å². The molecule has 0 rings (SSSR count). The molecular formula is C63H94O6. The maximum Gasteiger partial charge on any atom is 0.306 e. The first-order chi connectivity index (χ1) is 34.0. The topological polar surface area (TPSA) is 78.9 Å². The molecule has 0 aliphatic carbocycles. The molecule has 0 bridgehead atoms. The van der Waals surface area contributed by atoms with Gasteiger partial charge in [0.1, 0.15) is 13.2 Å². The van der Waals surface area contributed by atoms with Crippen molar-refractivity contribution in [3.8, 4) is 0 Å². The number of allylic oxidation sites excluding steroid dienone is 28. The van der Waals surface area contributed by atoms with Crippen molar-refractivity contribution >= 4 is 17.9 Å². The van der Waals surface area contributed by atoms with Crippen LogP contribution in [0.4, 0.5) is 0 Å². The fourth-order valence-corrected chi connectivity index (χ4v) is 6.38. The molecule has 69 heavy (non-hydrogen) atoms. The van der Waals surface area contributed by atoms with E-state index in [4.69, 9.17) is 14.2 Å². The summed E-state index contributed by atoms with van der Waals surface area (Å²) in [6, 6.07) is 0. The minimum atomic E-state index is -0.842. The maximum atomic E-state index is 12.8. The van der Waals surface area contributed by atoms with Gasteiger partial charge in [-0.05, 0) is 116 Å². The van der Waals surface area contributed by atoms with E-state index < -0.39 is 12.1 Å². The van der Waals surface area contributed by atoms with Crippen LogP contribution < -0.4 is 0 Å². The van der Waals surface area contributed by atoms with E-state index in [1.54, 1.807) is 0 Å². The Bertz CT molecular complexity index is 1650. The van der Waals surface area contributed by atoms with Crippen LogP contribution in [0.3, 0.4) is 0 Å². The zero-order valence-corrected chi connectivity index (χ0v) is 43.5. The molecule has 0 radical (unpaired) electrons. The second kappa shape index (κ2) is 55.4. The summed E-state index contributed by atoms with van der Waals surface area (Å²) in [7, 11) is 0. The van der Waals surface area contributed by atoms with Gasteiger partial charge in [0.2, 0.25) is 0 Å². The van der Waals surface area contributed by atoms with Crippen molar-refractivity contribution < 1.29 is 28.6 Å². The monoisotopic (exact) mass is 947 g/mol. The molecule has 382 valence electrons. The number of ether oxygens (including phenoxy) is 3. The number of hydrogen-bond donors (Lipinski definition) is 0. The number of rotatable bonds is 45. The molecule has 0 aliphatic rings. The molecule has 1 atom stereocenters. The summed E-state index contributed by atoms with van der Waals surface area (Å²) in [5.41, 5.74) is 0. The summed E-state index contributed by atoms with van der Waals surface area (Å²) in [6.45, 7) is 6.19. The van der Waals surface area contributed by atoms with Crippen LogP contribution in [0.5, 0.6) is 0 Å². The first-order valence-electron chi connectivity index (χ1n) is 26.7. The summed E-state index contributed by atoms with van der Waals surface area (Å²) in [5.74, 6) is -1.06. The number of carbonyl (C=O) groups excluding carboxylic acids is 3. The quantitative estimate of drug-likeness (QED) is 0.0199. The number of carbonyl (C=O) groups is 3. The second-order valence-corrected chi connectivity index (χ2v) is 16.8. The Hall–Kier alpha value is -5.23. The molecule has 0 aliphatic heterocycles. The summed E-state index contributed by atoms with van der Waals surface area (Å²) in [6.07, 6.45) is 81.9. The van der Waals surface area contributed by atoms with Crippen LogP contribution in [0.1, 0.15) is 188 Å². The van der Waals surface area contributed by atoms with Gasteiger partial charge >= 0.3 is 17.9 Å². The van der Waals surface area contributed by atoms with E-state index in [-0.39, 0.29) is 31.6 Å². The van der Waals surface area contributed by atoms with Gasteiger partial charge in [0, 0.05) is 19.3 Å². The van der Waals surface area contributed by atoms with E-state index in [1.807, 2.05) is 36.5 Å². The Balaban J connectivity index is 4.64. The molecule has 0 spiro atoms. The number of unbranched alkanes of at least 4 members (excludes halogenated alkanes) is 10. The summed E-state index contributed by atoms with van der Waals surface area (Å²) in [4.78, 5) is 38.1. The minimum absolute atomic E-state index is 0.134. The highest BCUT2D eigenvalue weighted by atomic mass is 16.6. The van der Waals surface area contributed by atoms with Crippen molar-refractivity contribution in [2.45, 2.75) is 194 Å². The Morgan fingerprint density at radius 3 is 1.07 bits per heavy atom. The zero-order chi connectivity index (χ0) is 50.0. The predicted octanol–water partition coefficient (Wildman–Crippen LogP) is 18.0. The molecule has 0 heterocycles. The van der Waals surface area contributed by atoms with Crippen molar-refractivity contribution in [2.24, 2.45) is 0 Å². The van der Waals surface area contributed by atoms with E-state index in [0.29, 0.717) is 19.3 Å². The van der Waals surface area contributed by atoms with Crippen molar-refractivity contribution in [2.75, 3.05) is 13.2 Å². The Morgan fingerprint density at radius 1 is 0.319 bits per heavy atom. The smallest absolute Gasteiger partial charge is 0.306 e. The highest BCUT2D eigenvalue weighted by Crippen LogP contribution is 2.11. The van der Waals surface area contributed by atoms with Gasteiger partial charge in [-0.25, -0.2) is 0 Å². The summed E-state index contributed by atoms with van der Waals surface area (Å²) >= 11 is 0. The average molecular weight is 947 g/mol. The van der Waals surface area contributed by atoms with Gasteiger partial charge in [-0.2, -0.15) is 0 Å². The van der Waals surface area contributed by atoms with Gasteiger partial charge in [0.25, 0.3) is 0 Å². The molecule has 1 unspecified atom stereocenters. The van der Waals surface area contributed by atoms with Crippen molar-refractivity contribution in [1.82, 2.24) is 0 Å². The fourth-order valence-electron chi connectivity index (χ4n) is 6.38.